The van der Waals surface area contributed by atoms with E-state index in [1.165, 1.54) is 24.0 Å². The lowest BCUT2D eigenvalue weighted by molar-refractivity contribution is -0.240. The molecule has 0 aliphatic carbocycles. The number of halogens is 3. The van der Waals surface area contributed by atoms with E-state index in [9.17, 15) is 13.2 Å². The first-order chi connectivity index (χ1) is 8.46. The van der Waals surface area contributed by atoms with Gasteiger partial charge >= 0.3 is 6.18 Å². The Morgan fingerprint density at radius 3 is 2.11 bits per heavy atom. The molecule has 0 radical (unpaired) electrons. The number of rotatable bonds is 2. The lowest BCUT2D eigenvalue weighted by Crippen LogP contribution is -2.57. The summed E-state index contributed by atoms with van der Waals surface area (Å²) in [5, 5.41) is 0. The Labute approximate surface area is 104 Å². The van der Waals surface area contributed by atoms with Gasteiger partial charge in [0.05, 0.1) is 13.2 Å². The van der Waals surface area contributed by atoms with Gasteiger partial charge in [-0.05, 0) is 12.5 Å². The van der Waals surface area contributed by atoms with Crippen molar-refractivity contribution in [2.75, 3.05) is 26.3 Å². The molecule has 1 unspecified atom stereocenters. The van der Waals surface area contributed by atoms with Crippen LogP contribution in [0.5, 0.6) is 0 Å². The Hall–Kier alpha value is -1.07. The van der Waals surface area contributed by atoms with Crippen molar-refractivity contribution in [3.8, 4) is 0 Å². The van der Waals surface area contributed by atoms with Gasteiger partial charge in [-0.3, -0.25) is 4.90 Å². The number of hydrogen-bond acceptors (Lipinski definition) is 2. The Morgan fingerprint density at radius 1 is 1.06 bits per heavy atom. The molecule has 1 aliphatic heterocycles. The Morgan fingerprint density at radius 2 is 1.61 bits per heavy atom. The zero-order valence-electron chi connectivity index (χ0n) is 10.2. The highest BCUT2D eigenvalue weighted by Crippen LogP contribution is 2.43. The van der Waals surface area contributed by atoms with Crippen molar-refractivity contribution in [2.24, 2.45) is 0 Å². The van der Waals surface area contributed by atoms with E-state index >= 15 is 0 Å². The van der Waals surface area contributed by atoms with Gasteiger partial charge in [0.15, 0.2) is 0 Å². The van der Waals surface area contributed by atoms with E-state index in [1.807, 2.05) is 0 Å². The van der Waals surface area contributed by atoms with Crippen molar-refractivity contribution in [1.29, 1.82) is 0 Å². The zero-order valence-corrected chi connectivity index (χ0v) is 10.2. The van der Waals surface area contributed by atoms with Crippen LogP contribution in [0.1, 0.15) is 12.5 Å². The molecule has 1 aromatic rings. The minimum atomic E-state index is -4.31. The fourth-order valence-electron chi connectivity index (χ4n) is 2.30. The van der Waals surface area contributed by atoms with E-state index < -0.39 is 11.7 Å². The van der Waals surface area contributed by atoms with Crippen LogP contribution in [-0.2, 0) is 10.3 Å². The summed E-state index contributed by atoms with van der Waals surface area (Å²) in [6, 6.07) is 8.06. The standard InChI is InChI=1S/C13H16F3NO/c1-12(13(14,15)16,11-5-3-2-4-6-11)17-7-9-18-10-8-17/h2-6H,7-10H2,1H3. The van der Waals surface area contributed by atoms with E-state index in [-0.39, 0.29) is 5.56 Å². The van der Waals surface area contributed by atoms with Crippen molar-refractivity contribution in [2.45, 2.75) is 18.6 Å². The van der Waals surface area contributed by atoms with Crippen LogP contribution < -0.4 is 0 Å². The monoisotopic (exact) mass is 259 g/mol. The fourth-order valence-corrected chi connectivity index (χ4v) is 2.30. The minimum absolute atomic E-state index is 0.277. The van der Waals surface area contributed by atoms with Gasteiger partial charge in [-0.1, -0.05) is 30.3 Å². The summed E-state index contributed by atoms with van der Waals surface area (Å²) < 4.78 is 45.6. The highest BCUT2D eigenvalue weighted by atomic mass is 19.4. The Balaban J connectivity index is 2.40. The van der Waals surface area contributed by atoms with E-state index in [0.29, 0.717) is 26.3 Å². The average Bonchev–Trinajstić information content (AvgIpc) is 2.38. The zero-order chi connectivity index (χ0) is 13.2. The van der Waals surface area contributed by atoms with Gasteiger partial charge in [-0.25, -0.2) is 0 Å². The largest absolute Gasteiger partial charge is 0.410 e. The Kier molecular flexibility index (Phi) is 3.64. The van der Waals surface area contributed by atoms with Gasteiger partial charge < -0.3 is 4.74 Å². The van der Waals surface area contributed by atoms with Crippen LogP contribution in [0.2, 0.25) is 0 Å². The molecule has 18 heavy (non-hydrogen) atoms. The van der Waals surface area contributed by atoms with Gasteiger partial charge in [-0.2, -0.15) is 13.2 Å². The molecule has 1 saturated heterocycles. The molecule has 1 fully saturated rings. The third-order valence-electron chi connectivity index (χ3n) is 3.53. The van der Waals surface area contributed by atoms with E-state index in [4.69, 9.17) is 4.74 Å². The van der Waals surface area contributed by atoms with Gasteiger partial charge in [-0.15, -0.1) is 0 Å². The highest BCUT2D eigenvalue weighted by molar-refractivity contribution is 5.26. The molecule has 0 bridgehead atoms. The summed E-state index contributed by atoms with van der Waals surface area (Å²) in [7, 11) is 0. The maximum atomic E-state index is 13.5. The van der Waals surface area contributed by atoms with Crippen molar-refractivity contribution >= 4 is 0 Å². The average molecular weight is 259 g/mol. The first-order valence-electron chi connectivity index (χ1n) is 5.91. The number of alkyl halides is 3. The predicted octanol–water partition coefficient (Wildman–Crippen LogP) is 2.80. The van der Waals surface area contributed by atoms with E-state index in [1.54, 1.807) is 18.2 Å². The molecule has 0 aromatic heterocycles. The summed E-state index contributed by atoms with van der Waals surface area (Å²) in [6.07, 6.45) is -4.31. The SMILES string of the molecule is CC(c1ccccc1)(N1CCOCC1)C(F)(F)F. The lowest BCUT2D eigenvalue weighted by atomic mass is 9.89. The molecule has 100 valence electrons. The van der Waals surface area contributed by atoms with Crippen LogP contribution >= 0.6 is 0 Å². The van der Waals surface area contributed by atoms with Crippen molar-refractivity contribution in [3.63, 3.8) is 0 Å². The van der Waals surface area contributed by atoms with Gasteiger partial charge in [0.2, 0.25) is 0 Å². The summed E-state index contributed by atoms with van der Waals surface area (Å²) in [5.41, 5.74) is -1.67. The first kappa shape index (κ1) is 13.4. The van der Waals surface area contributed by atoms with Crippen LogP contribution in [0.15, 0.2) is 30.3 Å². The van der Waals surface area contributed by atoms with Gasteiger partial charge in [0.25, 0.3) is 0 Å². The summed E-state index contributed by atoms with van der Waals surface area (Å²) >= 11 is 0. The molecule has 0 spiro atoms. The van der Waals surface area contributed by atoms with Crippen LogP contribution in [0, 0.1) is 0 Å². The first-order valence-corrected chi connectivity index (χ1v) is 5.91. The second-order valence-electron chi connectivity index (χ2n) is 4.54. The normalized spacial score (nSPS) is 21.6. The Bertz CT molecular complexity index is 387. The molecule has 2 rings (SSSR count). The van der Waals surface area contributed by atoms with Gasteiger partial charge in [0.1, 0.15) is 5.54 Å². The fraction of sp³-hybridized carbons (Fsp3) is 0.538. The molecular formula is C13H16F3NO. The number of morpholine rings is 1. The molecule has 5 heteroatoms. The van der Waals surface area contributed by atoms with Gasteiger partial charge in [0, 0.05) is 13.1 Å². The summed E-state index contributed by atoms with van der Waals surface area (Å²) in [6.45, 7) is 2.53. The van der Waals surface area contributed by atoms with Crippen LogP contribution in [0.25, 0.3) is 0 Å². The molecule has 0 amide bonds. The minimum Gasteiger partial charge on any atom is -0.379 e. The summed E-state index contributed by atoms with van der Waals surface area (Å²) in [4.78, 5) is 1.45. The van der Waals surface area contributed by atoms with Crippen LogP contribution in [-0.4, -0.2) is 37.4 Å². The third kappa shape index (κ3) is 2.24. The maximum absolute atomic E-state index is 13.5. The molecule has 1 atom stereocenters. The molecule has 1 aliphatic rings. The predicted molar refractivity (Wildman–Crippen MR) is 62.2 cm³/mol. The number of hydrogen-bond donors (Lipinski definition) is 0. The quantitative estimate of drug-likeness (QED) is 0.809. The molecule has 0 N–H and O–H groups in total. The molecule has 1 aromatic carbocycles. The molecule has 2 nitrogen and oxygen atoms in total. The smallest absolute Gasteiger partial charge is 0.379 e. The highest BCUT2D eigenvalue weighted by Gasteiger charge is 2.56. The second-order valence-corrected chi connectivity index (χ2v) is 4.54. The van der Waals surface area contributed by atoms with Crippen LogP contribution in [0.4, 0.5) is 13.2 Å². The van der Waals surface area contributed by atoms with Crippen molar-refractivity contribution < 1.29 is 17.9 Å². The topological polar surface area (TPSA) is 12.5 Å². The lowest BCUT2D eigenvalue weighted by Gasteiger charge is -2.44. The second kappa shape index (κ2) is 4.90. The van der Waals surface area contributed by atoms with E-state index in [2.05, 4.69) is 0 Å². The molecule has 0 saturated carbocycles. The number of benzene rings is 1. The number of nitrogens with zero attached hydrogens (tertiary/aromatic N) is 1. The summed E-state index contributed by atoms with van der Waals surface area (Å²) in [5.74, 6) is 0. The van der Waals surface area contributed by atoms with E-state index in [0.717, 1.165) is 0 Å². The molecular weight excluding hydrogens is 243 g/mol. The van der Waals surface area contributed by atoms with Crippen molar-refractivity contribution in [3.05, 3.63) is 35.9 Å². The van der Waals surface area contributed by atoms with Crippen molar-refractivity contribution in [1.82, 2.24) is 4.90 Å². The molecule has 1 heterocycles. The maximum Gasteiger partial charge on any atom is 0.410 e. The number of ether oxygens (including phenoxy) is 1. The van der Waals surface area contributed by atoms with Crippen LogP contribution in [0.3, 0.4) is 0 Å². The third-order valence-corrected chi connectivity index (χ3v) is 3.53.